The first-order valence-electron chi connectivity index (χ1n) is 11.0. The van der Waals surface area contributed by atoms with Crippen molar-refractivity contribution in [2.75, 3.05) is 45.5 Å². The lowest BCUT2D eigenvalue weighted by molar-refractivity contribution is -0.147. The smallest absolute Gasteiger partial charge is 0.277 e. The Bertz CT molecular complexity index is 1050. The average molecular weight is 481 g/mol. The van der Waals surface area contributed by atoms with E-state index in [0.29, 0.717) is 31.9 Å². The highest BCUT2D eigenvalue weighted by Crippen LogP contribution is 2.22. The number of hydrogen-bond acceptors (Lipinski definition) is 7. The molecule has 11 nitrogen and oxygen atoms in total. The Kier molecular flexibility index (Phi) is 7.70. The first-order chi connectivity index (χ1) is 15.5. The van der Waals surface area contributed by atoms with Gasteiger partial charge in [-0.05, 0) is 25.0 Å². The average Bonchev–Trinajstić information content (AvgIpc) is 3.12. The molecular weight excluding hydrogens is 448 g/mol. The van der Waals surface area contributed by atoms with E-state index in [9.17, 15) is 22.8 Å². The van der Waals surface area contributed by atoms with Crippen molar-refractivity contribution in [3.63, 3.8) is 0 Å². The summed E-state index contributed by atoms with van der Waals surface area (Å²) in [6.45, 7) is 9.03. The molecule has 1 aromatic rings. The number of nitrogens with one attached hydrogen (secondary N) is 1. The molecule has 1 N–H and O–H groups in total. The molecule has 3 rings (SSSR count). The number of nitrogens with zero attached hydrogens (tertiary/aromatic N) is 5. The molecule has 2 aliphatic heterocycles. The Labute approximate surface area is 194 Å². The van der Waals surface area contributed by atoms with Gasteiger partial charge >= 0.3 is 0 Å². The Hall–Kier alpha value is -2.57. The van der Waals surface area contributed by atoms with Gasteiger partial charge in [-0.3, -0.25) is 19.3 Å². The van der Waals surface area contributed by atoms with Crippen LogP contribution in [-0.2, 0) is 31.0 Å². The lowest BCUT2D eigenvalue weighted by Crippen LogP contribution is -2.51. The molecule has 182 valence electrons. The van der Waals surface area contributed by atoms with Crippen molar-refractivity contribution in [3.05, 3.63) is 23.4 Å². The molecule has 1 aromatic heterocycles. The number of aryl methyl sites for hydroxylation is 1. The summed E-state index contributed by atoms with van der Waals surface area (Å²) < 4.78 is 26.9. The second-order valence-corrected chi connectivity index (χ2v) is 10.7. The lowest BCUT2D eigenvalue weighted by atomic mass is 10.1. The van der Waals surface area contributed by atoms with E-state index in [0.717, 1.165) is 30.1 Å². The third kappa shape index (κ3) is 6.06. The van der Waals surface area contributed by atoms with Gasteiger partial charge in [-0.15, -0.1) is 0 Å². The Morgan fingerprint density at radius 2 is 1.85 bits per heavy atom. The number of carbonyl (C=O) groups excluding carboxylic acids is 3. The minimum Gasteiger partial charge on any atom is -0.334 e. The van der Waals surface area contributed by atoms with Crippen LogP contribution in [0.3, 0.4) is 0 Å². The fraction of sp³-hybridized carbons (Fsp3) is 0.619. The van der Waals surface area contributed by atoms with Gasteiger partial charge in [0.05, 0.1) is 18.3 Å². The highest BCUT2D eigenvalue weighted by molar-refractivity contribution is 7.88. The molecular formula is C21H32N6O5S. The first-order valence-corrected chi connectivity index (χ1v) is 12.9. The van der Waals surface area contributed by atoms with Crippen molar-refractivity contribution in [1.82, 2.24) is 29.0 Å². The summed E-state index contributed by atoms with van der Waals surface area (Å²) in [5.74, 6) is -1.32. The van der Waals surface area contributed by atoms with E-state index in [4.69, 9.17) is 0 Å². The van der Waals surface area contributed by atoms with E-state index in [1.165, 1.54) is 23.6 Å². The van der Waals surface area contributed by atoms with E-state index in [2.05, 4.69) is 15.2 Å². The fourth-order valence-corrected chi connectivity index (χ4v) is 4.99. The lowest BCUT2D eigenvalue weighted by Gasteiger charge is -2.33. The molecule has 12 heteroatoms. The molecule has 0 spiro atoms. The number of sulfonamides is 1. The summed E-state index contributed by atoms with van der Waals surface area (Å²) in [5.41, 5.74) is 1.56. The number of amides is 3. The van der Waals surface area contributed by atoms with E-state index in [1.54, 1.807) is 6.33 Å². The summed E-state index contributed by atoms with van der Waals surface area (Å²) >= 11 is 0. The second kappa shape index (κ2) is 10.1. The van der Waals surface area contributed by atoms with Gasteiger partial charge in [0.25, 0.3) is 5.91 Å². The molecule has 2 aliphatic rings. The predicted molar refractivity (Wildman–Crippen MR) is 122 cm³/mol. The SMILES string of the molecule is CC(=O)N1CC(=O)N/C(=C\c2ncn(CCCN3CCN(S(C)(=O)=O)CC3)c2C(C)C)C1=O. The zero-order valence-corrected chi connectivity index (χ0v) is 20.4. The third-order valence-corrected chi connectivity index (χ3v) is 7.14. The molecule has 0 atom stereocenters. The molecule has 2 fully saturated rings. The summed E-state index contributed by atoms with van der Waals surface area (Å²) in [6, 6.07) is 0. The monoisotopic (exact) mass is 480 g/mol. The van der Waals surface area contributed by atoms with Crippen LogP contribution >= 0.6 is 0 Å². The zero-order chi connectivity index (χ0) is 24.3. The van der Waals surface area contributed by atoms with Crippen LogP contribution in [-0.4, -0.2) is 95.3 Å². The van der Waals surface area contributed by atoms with Crippen LogP contribution < -0.4 is 5.32 Å². The van der Waals surface area contributed by atoms with Crippen LogP contribution in [0, 0.1) is 0 Å². The van der Waals surface area contributed by atoms with Gasteiger partial charge < -0.3 is 14.8 Å². The zero-order valence-electron chi connectivity index (χ0n) is 19.6. The van der Waals surface area contributed by atoms with Crippen LogP contribution in [0.4, 0.5) is 0 Å². The summed E-state index contributed by atoms with van der Waals surface area (Å²) in [7, 11) is -3.14. The Balaban J connectivity index is 1.67. The van der Waals surface area contributed by atoms with Gasteiger partial charge in [-0.25, -0.2) is 13.4 Å². The summed E-state index contributed by atoms with van der Waals surface area (Å²) in [5, 5.41) is 2.55. The number of hydrogen-bond donors (Lipinski definition) is 1. The summed E-state index contributed by atoms with van der Waals surface area (Å²) in [6.07, 6.45) is 5.36. The van der Waals surface area contributed by atoms with E-state index in [1.807, 2.05) is 18.4 Å². The highest BCUT2D eigenvalue weighted by Gasteiger charge is 2.31. The number of imide groups is 1. The number of rotatable bonds is 7. The maximum absolute atomic E-state index is 12.6. The van der Waals surface area contributed by atoms with Crippen molar-refractivity contribution in [2.45, 2.75) is 39.7 Å². The Morgan fingerprint density at radius 3 is 2.42 bits per heavy atom. The van der Waals surface area contributed by atoms with Crippen molar-refractivity contribution in [1.29, 1.82) is 0 Å². The maximum atomic E-state index is 12.6. The van der Waals surface area contributed by atoms with Crippen LogP contribution in [0.25, 0.3) is 6.08 Å². The Morgan fingerprint density at radius 1 is 1.18 bits per heavy atom. The quantitative estimate of drug-likeness (QED) is 0.537. The molecule has 3 amide bonds. The molecule has 33 heavy (non-hydrogen) atoms. The molecule has 2 saturated heterocycles. The predicted octanol–water partition coefficient (Wildman–Crippen LogP) is -0.180. The van der Waals surface area contributed by atoms with E-state index < -0.39 is 27.7 Å². The van der Waals surface area contributed by atoms with Crippen molar-refractivity contribution < 1.29 is 22.8 Å². The van der Waals surface area contributed by atoms with Gasteiger partial charge in [0.1, 0.15) is 12.2 Å². The fourth-order valence-electron chi connectivity index (χ4n) is 4.17. The molecule has 0 bridgehead atoms. The van der Waals surface area contributed by atoms with Gasteiger partial charge in [0, 0.05) is 45.3 Å². The van der Waals surface area contributed by atoms with Crippen LogP contribution in [0.5, 0.6) is 0 Å². The number of carbonyl (C=O) groups is 3. The van der Waals surface area contributed by atoms with Gasteiger partial charge in [-0.2, -0.15) is 4.31 Å². The van der Waals surface area contributed by atoms with Crippen LogP contribution in [0.1, 0.15) is 44.5 Å². The molecule has 3 heterocycles. The van der Waals surface area contributed by atoms with Gasteiger partial charge in [0.2, 0.25) is 21.8 Å². The second-order valence-electron chi connectivity index (χ2n) is 8.74. The third-order valence-electron chi connectivity index (χ3n) is 5.84. The largest absolute Gasteiger partial charge is 0.334 e. The normalized spacial score (nSPS) is 20.0. The summed E-state index contributed by atoms with van der Waals surface area (Å²) in [4.78, 5) is 43.8. The topological polar surface area (TPSA) is 125 Å². The molecule has 0 saturated carbocycles. The highest BCUT2D eigenvalue weighted by atomic mass is 32.2. The molecule has 0 aromatic carbocycles. The number of aromatic nitrogens is 2. The van der Waals surface area contributed by atoms with Crippen molar-refractivity contribution in [2.24, 2.45) is 0 Å². The van der Waals surface area contributed by atoms with E-state index >= 15 is 0 Å². The van der Waals surface area contributed by atoms with Crippen LogP contribution in [0.2, 0.25) is 0 Å². The van der Waals surface area contributed by atoms with Crippen molar-refractivity contribution >= 4 is 33.8 Å². The molecule has 0 radical (unpaired) electrons. The maximum Gasteiger partial charge on any atom is 0.277 e. The standard InChI is InChI=1S/C21H32N6O5S/c1-15(2)20-17(12-18-21(30)27(16(3)28)13-19(29)23-18)22-14-25(20)7-5-6-24-8-10-26(11-9-24)33(4,31)32/h12,14-15H,5-11,13H2,1-4H3,(H,23,29)/b18-12-. The minimum absolute atomic E-state index is 0.0392. The van der Waals surface area contributed by atoms with Gasteiger partial charge in [-0.1, -0.05) is 13.8 Å². The molecule has 0 aliphatic carbocycles. The van der Waals surface area contributed by atoms with Gasteiger partial charge in [0.15, 0.2) is 0 Å². The minimum atomic E-state index is -3.14. The van der Waals surface area contributed by atoms with Crippen molar-refractivity contribution in [3.8, 4) is 0 Å². The first kappa shape index (κ1) is 25.1. The number of piperazine rings is 2. The molecule has 0 unspecified atom stereocenters. The van der Waals surface area contributed by atoms with E-state index in [-0.39, 0.29) is 18.2 Å². The van der Waals surface area contributed by atoms with Crippen LogP contribution in [0.15, 0.2) is 12.0 Å². The number of imidazole rings is 1.